The maximum atomic E-state index is 12.5. The SMILES string of the molecule is CCN1CCN(C(=O)c2csc(C3CCCCC3)n2)CC1=O. The summed E-state index contributed by atoms with van der Waals surface area (Å²) in [5.74, 6) is 0.464. The molecule has 0 radical (unpaired) electrons. The van der Waals surface area contributed by atoms with Crippen molar-refractivity contribution in [3.8, 4) is 0 Å². The second-order valence-electron chi connectivity index (χ2n) is 6.11. The van der Waals surface area contributed by atoms with Gasteiger partial charge in [-0.25, -0.2) is 4.98 Å². The lowest BCUT2D eigenvalue weighted by molar-refractivity contribution is -0.134. The minimum atomic E-state index is -0.0950. The first-order valence-electron chi connectivity index (χ1n) is 8.21. The van der Waals surface area contributed by atoms with Crippen LogP contribution in [-0.4, -0.2) is 52.8 Å². The van der Waals surface area contributed by atoms with Gasteiger partial charge in [0.1, 0.15) is 12.2 Å². The van der Waals surface area contributed by atoms with Gasteiger partial charge in [0.15, 0.2) is 0 Å². The Kier molecular flexibility index (Phi) is 4.76. The van der Waals surface area contributed by atoms with Crippen molar-refractivity contribution in [3.63, 3.8) is 0 Å². The van der Waals surface area contributed by atoms with Gasteiger partial charge in [0, 0.05) is 30.9 Å². The summed E-state index contributed by atoms with van der Waals surface area (Å²) in [6.07, 6.45) is 6.23. The van der Waals surface area contributed by atoms with Crippen molar-refractivity contribution >= 4 is 23.2 Å². The van der Waals surface area contributed by atoms with Gasteiger partial charge in [-0.1, -0.05) is 19.3 Å². The van der Waals surface area contributed by atoms with Crippen LogP contribution >= 0.6 is 11.3 Å². The van der Waals surface area contributed by atoms with E-state index in [1.807, 2.05) is 12.3 Å². The molecule has 120 valence electrons. The van der Waals surface area contributed by atoms with E-state index in [1.54, 1.807) is 21.1 Å². The van der Waals surface area contributed by atoms with E-state index < -0.39 is 0 Å². The monoisotopic (exact) mass is 321 g/mol. The van der Waals surface area contributed by atoms with Gasteiger partial charge < -0.3 is 9.80 Å². The highest BCUT2D eigenvalue weighted by Gasteiger charge is 2.28. The smallest absolute Gasteiger partial charge is 0.273 e. The molecule has 0 bridgehead atoms. The largest absolute Gasteiger partial charge is 0.340 e. The Bertz CT molecular complexity index is 551. The van der Waals surface area contributed by atoms with Gasteiger partial charge in [0.05, 0.1) is 5.01 Å². The Morgan fingerprint density at radius 2 is 2.09 bits per heavy atom. The van der Waals surface area contributed by atoms with Crippen LogP contribution in [0.2, 0.25) is 0 Å². The number of aromatic nitrogens is 1. The quantitative estimate of drug-likeness (QED) is 0.859. The minimum absolute atomic E-state index is 0.0323. The maximum Gasteiger partial charge on any atom is 0.273 e. The first kappa shape index (κ1) is 15.5. The molecule has 22 heavy (non-hydrogen) atoms. The van der Waals surface area contributed by atoms with Crippen molar-refractivity contribution in [2.24, 2.45) is 0 Å². The molecule has 0 unspecified atom stereocenters. The van der Waals surface area contributed by atoms with Gasteiger partial charge in [-0.3, -0.25) is 9.59 Å². The van der Waals surface area contributed by atoms with E-state index in [1.165, 1.54) is 32.1 Å². The van der Waals surface area contributed by atoms with Crippen molar-refractivity contribution in [2.75, 3.05) is 26.2 Å². The Hall–Kier alpha value is -1.43. The topological polar surface area (TPSA) is 53.5 Å². The van der Waals surface area contributed by atoms with Crippen LogP contribution in [0, 0.1) is 0 Å². The molecule has 2 heterocycles. The fourth-order valence-corrected chi connectivity index (χ4v) is 4.27. The summed E-state index contributed by atoms with van der Waals surface area (Å²) in [6, 6.07) is 0. The van der Waals surface area contributed by atoms with Gasteiger partial charge in [-0.2, -0.15) is 0 Å². The summed E-state index contributed by atoms with van der Waals surface area (Å²) < 4.78 is 0. The molecule has 1 aliphatic carbocycles. The number of carbonyl (C=O) groups excluding carboxylic acids is 2. The van der Waals surface area contributed by atoms with E-state index in [0.717, 1.165) is 5.01 Å². The molecule has 1 aliphatic heterocycles. The molecule has 1 saturated carbocycles. The van der Waals surface area contributed by atoms with E-state index in [9.17, 15) is 9.59 Å². The average Bonchev–Trinajstić information content (AvgIpc) is 3.05. The Morgan fingerprint density at radius 1 is 1.32 bits per heavy atom. The van der Waals surface area contributed by atoms with Crippen molar-refractivity contribution in [1.29, 1.82) is 0 Å². The number of piperazine rings is 1. The highest BCUT2D eigenvalue weighted by molar-refractivity contribution is 7.09. The number of hydrogen-bond donors (Lipinski definition) is 0. The van der Waals surface area contributed by atoms with E-state index in [2.05, 4.69) is 4.98 Å². The fraction of sp³-hybridized carbons (Fsp3) is 0.688. The highest BCUT2D eigenvalue weighted by atomic mass is 32.1. The third kappa shape index (κ3) is 3.16. The number of rotatable bonds is 3. The standard InChI is InChI=1S/C16H23N3O2S/c1-2-18-8-9-19(10-14(18)20)16(21)13-11-22-15(17-13)12-6-4-3-5-7-12/h11-12H,2-10H2,1H3. The predicted octanol–water partition coefficient (Wildman–Crippen LogP) is 2.50. The van der Waals surface area contributed by atoms with Crippen molar-refractivity contribution in [3.05, 3.63) is 16.1 Å². The molecule has 0 aromatic carbocycles. The molecule has 2 aliphatic rings. The van der Waals surface area contributed by atoms with Crippen molar-refractivity contribution in [1.82, 2.24) is 14.8 Å². The lowest BCUT2D eigenvalue weighted by Gasteiger charge is -2.33. The van der Waals surface area contributed by atoms with E-state index in [4.69, 9.17) is 0 Å². The first-order valence-corrected chi connectivity index (χ1v) is 9.09. The van der Waals surface area contributed by atoms with Crippen LogP contribution in [0.1, 0.15) is 60.4 Å². The summed E-state index contributed by atoms with van der Waals surface area (Å²) in [5, 5.41) is 2.96. The van der Waals surface area contributed by atoms with E-state index in [-0.39, 0.29) is 18.4 Å². The van der Waals surface area contributed by atoms with Gasteiger partial charge in [0.25, 0.3) is 5.91 Å². The van der Waals surface area contributed by atoms with Crippen LogP contribution < -0.4 is 0 Å². The molecule has 5 nitrogen and oxygen atoms in total. The second-order valence-corrected chi connectivity index (χ2v) is 7.00. The molecule has 0 N–H and O–H groups in total. The Balaban J connectivity index is 1.65. The molecule has 6 heteroatoms. The second kappa shape index (κ2) is 6.77. The molecular weight excluding hydrogens is 298 g/mol. The van der Waals surface area contributed by atoms with Crippen LogP contribution in [0.4, 0.5) is 0 Å². The number of hydrogen-bond acceptors (Lipinski definition) is 4. The minimum Gasteiger partial charge on any atom is -0.340 e. The number of nitrogens with zero attached hydrogens (tertiary/aromatic N) is 3. The van der Waals surface area contributed by atoms with Crippen molar-refractivity contribution in [2.45, 2.75) is 44.9 Å². The molecular formula is C16H23N3O2S. The molecule has 0 atom stereocenters. The lowest BCUT2D eigenvalue weighted by atomic mass is 9.90. The summed E-state index contributed by atoms with van der Waals surface area (Å²) in [4.78, 5) is 32.5. The van der Waals surface area contributed by atoms with Crippen LogP contribution in [0.15, 0.2) is 5.38 Å². The summed E-state index contributed by atoms with van der Waals surface area (Å²) in [7, 11) is 0. The predicted molar refractivity (Wildman–Crippen MR) is 86.1 cm³/mol. The van der Waals surface area contributed by atoms with Crippen LogP contribution in [0.25, 0.3) is 0 Å². The summed E-state index contributed by atoms with van der Waals surface area (Å²) >= 11 is 1.60. The van der Waals surface area contributed by atoms with Gasteiger partial charge in [0.2, 0.25) is 5.91 Å². The third-order valence-electron chi connectivity index (χ3n) is 4.68. The first-order chi connectivity index (χ1) is 10.7. The molecule has 1 aromatic heterocycles. The van der Waals surface area contributed by atoms with Crippen LogP contribution in [-0.2, 0) is 4.79 Å². The van der Waals surface area contributed by atoms with Crippen LogP contribution in [0.5, 0.6) is 0 Å². The third-order valence-corrected chi connectivity index (χ3v) is 5.69. The molecule has 0 spiro atoms. The highest BCUT2D eigenvalue weighted by Crippen LogP contribution is 2.34. The van der Waals surface area contributed by atoms with E-state index >= 15 is 0 Å². The fourth-order valence-electron chi connectivity index (χ4n) is 3.30. The van der Waals surface area contributed by atoms with Gasteiger partial charge in [-0.05, 0) is 19.8 Å². The van der Waals surface area contributed by atoms with E-state index in [0.29, 0.717) is 31.2 Å². The Labute approximate surface area is 135 Å². The van der Waals surface area contributed by atoms with Crippen LogP contribution in [0.3, 0.4) is 0 Å². The number of likely N-dealkylation sites (N-methyl/N-ethyl adjacent to an activating group) is 1. The molecule has 3 rings (SSSR count). The van der Waals surface area contributed by atoms with Crippen molar-refractivity contribution < 1.29 is 9.59 Å². The number of amides is 2. The molecule has 1 saturated heterocycles. The zero-order valence-corrected chi connectivity index (χ0v) is 13.9. The molecule has 2 amide bonds. The lowest BCUT2D eigenvalue weighted by Crippen LogP contribution is -2.52. The number of thiazole rings is 1. The zero-order chi connectivity index (χ0) is 15.5. The normalized spacial score (nSPS) is 20.5. The van der Waals surface area contributed by atoms with Gasteiger partial charge >= 0.3 is 0 Å². The van der Waals surface area contributed by atoms with Gasteiger partial charge in [-0.15, -0.1) is 11.3 Å². The Morgan fingerprint density at radius 3 is 2.77 bits per heavy atom. The molecule has 1 aromatic rings. The number of carbonyl (C=O) groups is 2. The maximum absolute atomic E-state index is 12.5. The zero-order valence-electron chi connectivity index (χ0n) is 13.1. The summed E-state index contributed by atoms with van der Waals surface area (Å²) in [5.41, 5.74) is 0.517. The molecule has 2 fully saturated rings. The summed E-state index contributed by atoms with van der Waals surface area (Å²) in [6.45, 7) is 4.09. The average molecular weight is 321 g/mol.